The maximum atomic E-state index is 12.4. The van der Waals surface area contributed by atoms with Crippen molar-refractivity contribution in [2.24, 2.45) is 11.1 Å². The summed E-state index contributed by atoms with van der Waals surface area (Å²) < 4.78 is 7.51. The molecule has 0 aliphatic carbocycles. The number of aromatic nitrogens is 2. The van der Waals surface area contributed by atoms with Crippen LogP contribution in [0.4, 0.5) is 0 Å². The van der Waals surface area contributed by atoms with E-state index in [1.807, 2.05) is 29.7 Å². The van der Waals surface area contributed by atoms with E-state index in [0.29, 0.717) is 39.3 Å². The second kappa shape index (κ2) is 8.32. The highest BCUT2D eigenvalue weighted by Crippen LogP contribution is 2.39. The van der Waals surface area contributed by atoms with Gasteiger partial charge in [-0.05, 0) is 48.2 Å². The molecule has 0 aliphatic rings. The first-order valence-electron chi connectivity index (χ1n) is 9.53. The molecule has 0 saturated carbocycles. The molecule has 158 valence electrons. The van der Waals surface area contributed by atoms with Crippen LogP contribution in [0, 0.1) is 12.3 Å². The molecular formula is C23H25Cl2N3O2. The first-order chi connectivity index (χ1) is 14.0. The highest BCUT2D eigenvalue weighted by Gasteiger charge is 2.28. The quantitative estimate of drug-likeness (QED) is 0.535. The smallest absolute Gasteiger partial charge is 0.269 e. The van der Waals surface area contributed by atoms with Crippen LogP contribution in [0.2, 0.25) is 10.0 Å². The third kappa shape index (κ3) is 4.47. The molecule has 0 radical (unpaired) electrons. The van der Waals surface area contributed by atoms with Crippen LogP contribution in [0.25, 0.3) is 16.9 Å². The number of carbonyl (C=O) groups is 1. The Kier molecular flexibility index (Phi) is 6.16. The molecule has 7 heteroatoms. The molecule has 0 aliphatic heterocycles. The summed E-state index contributed by atoms with van der Waals surface area (Å²) in [6.07, 6.45) is 0.613. The van der Waals surface area contributed by atoms with Crippen molar-refractivity contribution in [1.29, 1.82) is 0 Å². The first kappa shape index (κ1) is 22.2. The van der Waals surface area contributed by atoms with Gasteiger partial charge in [-0.3, -0.25) is 9.36 Å². The minimum absolute atomic E-state index is 0.0831. The molecule has 0 bridgehead atoms. The van der Waals surface area contributed by atoms with Crippen molar-refractivity contribution < 1.29 is 9.53 Å². The van der Waals surface area contributed by atoms with Gasteiger partial charge in [-0.25, -0.2) is 4.98 Å². The molecule has 0 atom stereocenters. The predicted molar refractivity (Wildman–Crippen MR) is 122 cm³/mol. The zero-order chi connectivity index (χ0) is 22.2. The van der Waals surface area contributed by atoms with E-state index in [1.165, 1.54) is 0 Å². The maximum Gasteiger partial charge on any atom is 0.269 e. The van der Waals surface area contributed by atoms with Gasteiger partial charge in [0.1, 0.15) is 11.6 Å². The molecule has 1 heterocycles. The van der Waals surface area contributed by atoms with Gasteiger partial charge < -0.3 is 10.5 Å². The number of hydrogen-bond donors (Lipinski definition) is 1. The fourth-order valence-electron chi connectivity index (χ4n) is 3.43. The molecule has 2 aromatic carbocycles. The van der Waals surface area contributed by atoms with Gasteiger partial charge in [0.2, 0.25) is 0 Å². The number of ether oxygens (including phenoxy) is 1. The fourth-order valence-corrected chi connectivity index (χ4v) is 3.77. The number of benzene rings is 2. The SMILES string of the molecule is COc1ccc(Cl)cc1-c1c(C(N)=O)nc(CC(C)(C)C)n1-c1cc(Cl)ccc1C. The number of imidazole rings is 1. The minimum Gasteiger partial charge on any atom is -0.496 e. The molecule has 2 N–H and O–H groups in total. The maximum absolute atomic E-state index is 12.4. The van der Waals surface area contributed by atoms with E-state index in [9.17, 15) is 4.79 Å². The average Bonchev–Trinajstić information content (AvgIpc) is 3.01. The second-order valence-electron chi connectivity index (χ2n) is 8.44. The number of carbonyl (C=O) groups excluding carboxylic acids is 1. The second-order valence-corrected chi connectivity index (χ2v) is 9.31. The molecule has 3 rings (SSSR count). The third-order valence-electron chi connectivity index (χ3n) is 4.70. The summed E-state index contributed by atoms with van der Waals surface area (Å²) in [5, 5.41) is 1.09. The number of rotatable bonds is 5. The highest BCUT2D eigenvalue weighted by molar-refractivity contribution is 6.31. The molecule has 0 unspecified atom stereocenters. The van der Waals surface area contributed by atoms with Crippen LogP contribution in [0.5, 0.6) is 5.75 Å². The van der Waals surface area contributed by atoms with Crippen molar-refractivity contribution in [3.8, 4) is 22.7 Å². The third-order valence-corrected chi connectivity index (χ3v) is 5.17. The van der Waals surface area contributed by atoms with Crippen LogP contribution >= 0.6 is 23.2 Å². The van der Waals surface area contributed by atoms with E-state index in [0.717, 1.165) is 11.3 Å². The van der Waals surface area contributed by atoms with E-state index < -0.39 is 5.91 Å². The van der Waals surface area contributed by atoms with Gasteiger partial charge in [-0.15, -0.1) is 0 Å². The van der Waals surface area contributed by atoms with E-state index in [2.05, 4.69) is 25.8 Å². The van der Waals surface area contributed by atoms with E-state index in [-0.39, 0.29) is 11.1 Å². The van der Waals surface area contributed by atoms with Crippen molar-refractivity contribution in [3.05, 3.63) is 63.5 Å². The Morgan fingerprint density at radius 2 is 1.77 bits per heavy atom. The van der Waals surface area contributed by atoms with Crippen LogP contribution < -0.4 is 10.5 Å². The number of halogens is 2. The Morgan fingerprint density at radius 3 is 2.37 bits per heavy atom. The normalized spacial score (nSPS) is 11.6. The van der Waals surface area contributed by atoms with Crippen molar-refractivity contribution in [1.82, 2.24) is 9.55 Å². The minimum atomic E-state index is -0.624. The van der Waals surface area contributed by atoms with Gasteiger partial charge in [-0.1, -0.05) is 50.0 Å². The van der Waals surface area contributed by atoms with Crippen LogP contribution in [0.3, 0.4) is 0 Å². The van der Waals surface area contributed by atoms with Gasteiger partial charge in [0.25, 0.3) is 5.91 Å². The molecule has 1 aromatic heterocycles. The lowest BCUT2D eigenvalue weighted by Gasteiger charge is -2.21. The summed E-state index contributed by atoms with van der Waals surface area (Å²) in [7, 11) is 1.57. The van der Waals surface area contributed by atoms with Crippen molar-refractivity contribution in [2.75, 3.05) is 7.11 Å². The summed E-state index contributed by atoms with van der Waals surface area (Å²) in [6, 6.07) is 10.9. The van der Waals surface area contributed by atoms with Crippen LogP contribution in [0.1, 0.15) is 42.6 Å². The molecule has 5 nitrogen and oxygen atoms in total. The molecule has 0 spiro atoms. The van der Waals surface area contributed by atoms with Gasteiger partial charge in [0, 0.05) is 22.0 Å². The predicted octanol–water partition coefficient (Wildman–Crippen LogP) is 5.85. The first-order valence-corrected chi connectivity index (χ1v) is 10.3. The monoisotopic (exact) mass is 445 g/mol. The van der Waals surface area contributed by atoms with Crippen molar-refractivity contribution in [3.63, 3.8) is 0 Å². The Balaban J connectivity index is 2.48. The van der Waals surface area contributed by atoms with Gasteiger partial charge in [0.15, 0.2) is 5.69 Å². The molecule has 3 aromatic rings. The molecular weight excluding hydrogens is 421 g/mol. The van der Waals surface area contributed by atoms with Crippen LogP contribution in [-0.2, 0) is 6.42 Å². The summed E-state index contributed by atoms with van der Waals surface area (Å²) >= 11 is 12.6. The molecule has 30 heavy (non-hydrogen) atoms. The number of methoxy groups -OCH3 is 1. The lowest BCUT2D eigenvalue weighted by atomic mass is 9.92. The Hall–Kier alpha value is -2.50. The van der Waals surface area contributed by atoms with Crippen molar-refractivity contribution >= 4 is 29.1 Å². The number of nitrogens with zero attached hydrogens (tertiary/aromatic N) is 2. The summed E-state index contributed by atoms with van der Waals surface area (Å²) in [4.78, 5) is 17.1. The Labute approximate surface area is 186 Å². The molecule has 0 fully saturated rings. The zero-order valence-electron chi connectivity index (χ0n) is 17.7. The number of amides is 1. The van der Waals surface area contributed by atoms with Crippen LogP contribution in [0.15, 0.2) is 36.4 Å². The lowest BCUT2D eigenvalue weighted by molar-refractivity contribution is 0.0996. The Bertz CT molecular complexity index is 1110. The standard InChI is InChI=1S/C23H25Cl2N3O2/c1-13-6-7-15(25)11-17(13)28-19(12-23(2,3)4)27-20(22(26)29)21(28)16-10-14(24)8-9-18(16)30-5/h6-11H,12H2,1-5H3,(H2,26,29). The zero-order valence-corrected chi connectivity index (χ0v) is 19.2. The van der Waals surface area contributed by atoms with E-state index >= 15 is 0 Å². The van der Waals surface area contributed by atoms with E-state index in [4.69, 9.17) is 33.7 Å². The summed E-state index contributed by atoms with van der Waals surface area (Å²) in [5.41, 5.74) is 8.80. The van der Waals surface area contributed by atoms with Crippen molar-refractivity contribution in [2.45, 2.75) is 34.1 Å². The number of aryl methyl sites for hydroxylation is 1. The summed E-state index contributed by atoms with van der Waals surface area (Å²) in [6.45, 7) is 8.32. The fraction of sp³-hybridized carbons (Fsp3) is 0.304. The van der Waals surface area contributed by atoms with Gasteiger partial charge in [-0.2, -0.15) is 0 Å². The van der Waals surface area contributed by atoms with E-state index in [1.54, 1.807) is 25.3 Å². The number of hydrogen-bond acceptors (Lipinski definition) is 3. The largest absolute Gasteiger partial charge is 0.496 e. The lowest BCUT2D eigenvalue weighted by Crippen LogP contribution is -2.15. The Morgan fingerprint density at radius 1 is 1.13 bits per heavy atom. The summed E-state index contributed by atoms with van der Waals surface area (Å²) in [5.74, 6) is 0.643. The molecule has 1 amide bonds. The van der Waals surface area contributed by atoms with Gasteiger partial charge in [0.05, 0.1) is 18.5 Å². The molecule has 0 saturated heterocycles. The van der Waals surface area contributed by atoms with Crippen LogP contribution in [-0.4, -0.2) is 22.6 Å². The average molecular weight is 446 g/mol. The van der Waals surface area contributed by atoms with Gasteiger partial charge >= 0.3 is 0 Å². The number of nitrogens with two attached hydrogens (primary N) is 1. The highest BCUT2D eigenvalue weighted by atomic mass is 35.5. The topological polar surface area (TPSA) is 70.1 Å². The number of primary amides is 1.